The predicted molar refractivity (Wildman–Crippen MR) is 66.1 cm³/mol. The van der Waals surface area contributed by atoms with E-state index in [4.69, 9.17) is 16.3 Å². The number of rotatable bonds is 2. The summed E-state index contributed by atoms with van der Waals surface area (Å²) in [5, 5.41) is 0.552. The Labute approximate surface area is 111 Å². The molecule has 86 valence electrons. The van der Waals surface area contributed by atoms with Crippen LogP contribution in [-0.4, -0.2) is 15.9 Å². The Morgan fingerprint density at radius 2 is 2.18 bits per heavy atom. The Kier molecular flexibility index (Phi) is 3.71. The predicted octanol–water partition coefficient (Wildman–Crippen LogP) is 3.11. The SMILES string of the molecule is O=C(Oc1ccc(Cl)cc1Br)c1cnccn1. The molecule has 4 nitrogen and oxygen atoms in total. The van der Waals surface area contributed by atoms with E-state index in [1.54, 1.807) is 18.2 Å². The number of hydrogen-bond acceptors (Lipinski definition) is 4. The van der Waals surface area contributed by atoms with Crippen LogP contribution in [0, 0.1) is 0 Å². The van der Waals surface area contributed by atoms with Crippen molar-refractivity contribution in [1.82, 2.24) is 9.97 Å². The van der Waals surface area contributed by atoms with E-state index < -0.39 is 5.97 Å². The lowest BCUT2D eigenvalue weighted by atomic mass is 10.3. The van der Waals surface area contributed by atoms with Gasteiger partial charge in [-0.25, -0.2) is 9.78 Å². The van der Waals surface area contributed by atoms with Crippen molar-refractivity contribution in [1.29, 1.82) is 0 Å². The minimum absolute atomic E-state index is 0.148. The van der Waals surface area contributed by atoms with Crippen molar-refractivity contribution in [2.45, 2.75) is 0 Å². The molecule has 17 heavy (non-hydrogen) atoms. The van der Waals surface area contributed by atoms with Gasteiger partial charge in [-0.1, -0.05) is 11.6 Å². The van der Waals surface area contributed by atoms with Crippen LogP contribution in [0.4, 0.5) is 0 Å². The third-order valence-electron chi connectivity index (χ3n) is 1.87. The monoisotopic (exact) mass is 312 g/mol. The molecule has 1 aromatic carbocycles. The highest BCUT2D eigenvalue weighted by atomic mass is 79.9. The molecule has 0 aliphatic heterocycles. The molecule has 0 amide bonds. The maximum absolute atomic E-state index is 11.7. The van der Waals surface area contributed by atoms with Crippen molar-refractivity contribution >= 4 is 33.5 Å². The molecule has 0 unspecified atom stereocenters. The van der Waals surface area contributed by atoms with Crippen LogP contribution in [0.25, 0.3) is 0 Å². The highest BCUT2D eigenvalue weighted by molar-refractivity contribution is 9.10. The molecule has 0 atom stereocenters. The first kappa shape index (κ1) is 12.0. The minimum atomic E-state index is -0.568. The number of halogens is 2. The molecule has 0 fully saturated rings. The van der Waals surface area contributed by atoms with Gasteiger partial charge in [-0.05, 0) is 34.1 Å². The molecule has 0 radical (unpaired) electrons. The molecular formula is C11H6BrClN2O2. The van der Waals surface area contributed by atoms with Crippen LogP contribution in [0.15, 0.2) is 41.3 Å². The lowest BCUT2D eigenvalue weighted by Crippen LogP contribution is -2.10. The van der Waals surface area contributed by atoms with Crippen molar-refractivity contribution in [3.63, 3.8) is 0 Å². The van der Waals surface area contributed by atoms with Gasteiger partial charge in [0.05, 0.1) is 10.7 Å². The molecule has 0 bridgehead atoms. The Hall–Kier alpha value is -1.46. The summed E-state index contributed by atoms with van der Waals surface area (Å²) in [6.45, 7) is 0. The summed E-state index contributed by atoms with van der Waals surface area (Å²) < 4.78 is 5.74. The van der Waals surface area contributed by atoms with Crippen molar-refractivity contribution in [2.24, 2.45) is 0 Å². The van der Waals surface area contributed by atoms with Crippen molar-refractivity contribution in [2.75, 3.05) is 0 Å². The maximum atomic E-state index is 11.7. The van der Waals surface area contributed by atoms with Gasteiger partial charge in [0.2, 0.25) is 0 Å². The lowest BCUT2D eigenvalue weighted by molar-refractivity contribution is 0.0727. The summed E-state index contributed by atoms with van der Waals surface area (Å²) >= 11 is 9.03. The van der Waals surface area contributed by atoms with Gasteiger partial charge in [-0.3, -0.25) is 4.98 Å². The summed E-state index contributed by atoms with van der Waals surface area (Å²) in [6, 6.07) is 4.87. The number of benzene rings is 1. The second-order valence-corrected chi connectivity index (χ2v) is 4.35. The average molecular weight is 314 g/mol. The third-order valence-corrected chi connectivity index (χ3v) is 2.72. The molecule has 0 aliphatic rings. The Balaban J connectivity index is 2.19. The number of hydrogen-bond donors (Lipinski definition) is 0. The molecular weight excluding hydrogens is 307 g/mol. The highest BCUT2D eigenvalue weighted by Gasteiger charge is 2.12. The first-order chi connectivity index (χ1) is 8.16. The summed E-state index contributed by atoms with van der Waals surface area (Å²) in [5.74, 6) is -0.189. The van der Waals surface area contributed by atoms with Gasteiger partial charge in [0, 0.05) is 17.4 Å². The van der Waals surface area contributed by atoms with Gasteiger partial charge in [0.25, 0.3) is 0 Å². The maximum Gasteiger partial charge on any atom is 0.363 e. The molecule has 0 saturated heterocycles. The van der Waals surface area contributed by atoms with E-state index in [0.717, 1.165) is 0 Å². The zero-order valence-corrected chi connectivity index (χ0v) is 10.8. The minimum Gasteiger partial charge on any atom is -0.421 e. The second kappa shape index (κ2) is 5.25. The van der Waals surface area contributed by atoms with Gasteiger partial charge in [-0.15, -0.1) is 0 Å². The summed E-state index contributed by atoms with van der Waals surface area (Å²) in [7, 11) is 0. The van der Waals surface area contributed by atoms with Crippen molar-refractivity contribution in [3.8, 4) is 5.75 Å². The normalized spacial score (nSPS) is 10.0. The topological polar surface area (TPSA) is 52.1 Å². The number of nitrogens with zero attached hydrogens (tertiary/aromatic N) is 2. The molecule has 2 aromatic rings. The number of carbonyl (C=O) groups is 1. The molecule has 0 aliphatic carbocycles. The fourth-order valence-corrected chi connectivity index (χ4v) is 1.88. The van der Waals surface area contributed by atoms with E-state index in [-0.39, 0.29) is 5.69 Å². The van der Waals surface area contributed by atoms with Gasteiger partial charge < -0.3 is 4.74 Å². The van der Waals surface area contributed by atoms with Gasteiger partial charge >= 0.3 is 5.97 Å². The van der Waals surface area contributed by atoms with Crippen LogP contribution in [0.2, 0.25) is 5.02 Å². The number of ether oxygens (including phenoxy) is 1. The molecule has 0 saturated carbocycles. The molecule has 0 N–H and O–H groups in total. The standard InChI is InChI=1S/C11H6BrClN2O2/c12-8-5-7(13)1-2-10(8)17-11(16)9-6-14-3-4-15-9/h1-6H. The van der Waals surface area contributed by atoms with Crippen molar-refractivity contribution < 1.29 is 9.53 Å². The summed E-state index contributed by atoms with van der Waals surface area (Å²) in [6.07, 6.45) is 4.24. The van der Waals surface area contributed by atoms with Gasteiger partial charge in [0.15, 0.2) is 5.69 Å². The second-order valence-electron chi connectivity index (χ2n) is 3.05. The van der Waals surface area contributed by atoms with Crippen LogP contribution in [0.5, 0.6) is 5.75 Å². The fraction of sp³-hybridized carbons (Fsp3) is 0. The highest BCUT2D eigenvalue weighted by Crippen LogP contribution is 2.28. The van der Waals surface area contributed by atoms with Crippen molar-refractivity contribution in [3.05, 3.63) is 52.0 Å². The third kappa shape index (κ3) is 3.01. The Bertz CT molecular complexity index is 548. The summed E-state index contributed by atoms with van der Waals surface area (Å²) in [5.41, 5.74) is 0.148. The van der Waals surface area contributed by atoms with Crippen LogP contribution < -0.4 is 4.74 Å². The van der Waals surface area contributed by atoms with E-state index in [2.05, 4.69) is 25.9 Å². The largest absolute Gasteiger partial charge is 0.421 e. The number of carbonyl (C=O) groups excluding carboxylic acids is 1. The smallest absolute Gasteiger partial charge is 0.363 e. The quantitative estimate of drug-likeness (QED) is 0.631. The Morgan fingerprint density at radius 3 is 2.82 bits per heavy atom. The van der Waals surface area contributed by atoms with Gasteiger partial charge in [-0.2, -0.15) is 0 Å². The molecule has 1 aromatic heterocycles. The van der Waals surface area contributed by atoms with Crippen LogP contribution in [-0.2, 0) is 0 Å². The molecule has 1 heterocycles. The van der Waals surface area contributed by atoms with Crippen LogP contribution in [0.3, 0.4) is 0 Å². The fourth-order valence-electron chi connectivity index (χ4n) is 1.11. The number of esters is 1. The van der Waals surface area contributed by atoms with Crippen LogP contribution in [0.1, 0.15) is 10.5 Å². The van der Waals surface area contributed by atoms with E-state index >= 15 is 0 Å². The van der Waals surface area contributed by atoms with Crippen LogP contribution >= 0.6 is 27.5 Å². The van der Waals surface area contributed by atoms with Gasteiger partial charge in [0.1, 0.15) is 5.75 Å². The molecule has 6 heteroatoms. The van der Waals surface area contributed by atoms with E-state index in [1.165, 1.54) is 18.6 Å². The Morgan fingerprint density at radius 1 is 1.35 bits per heavy atom. The first-order valence-corrected chi connectivity index (χ1v) is 5.77. The van der Waals surface area contributed by atoms with E-state index in [9.17, 15) is 4.79 Å². The molecule has 0 spiro atoms. The molecule has 2 rings (SSSR count). The average Bonchev–Trinajstić information content (AvgIpc) is 2.34. The number of aromatic nitrogens is 2. The summed E-state index contributed by atoms with van der Waals surface area (Å²) in [4.78, 5) is 19.3. The first-order valence-electron chi connectivity index (χ1n) is 4.60. The lowest BCUT2D eigenvalue weighted by Gasteiger charge is -2.05. The van der Waals surface area contributed by atoms with E-state index in [1.807, 2.05) is 0 Å². The van der Waals surface area contributed by atoms with E-state index in [0.29, 0.717) is 15.2 Å². The zero-order valence-electron chi connectivity index (χ0n) is 8.43. The zero-order chi connectivity index (χ0) is 12.3.